The van der Waals surface area contributed by atoms with Crippen molar-refractivity contribution in [2.75, 3.05) is 13.1 Å². The molecule has 122 valence electrons. The summed E-state index contributed by atoms with van der Waals surface area (Å²) in [7, 11) is 0. The van der Waals surface area contributed by atoms with E-state index >= 15 is 0 Å². The van der Waals surface area contributed by atoms with Gasteiger partial charge in [-0.25, -0.2) is 9.97 Å². The molecule has 1 aliphatic heterocycles. The average Bonchev–Trinajstić information content (AvgIpc) is 3.21. The lowest BCUT2D eigenvalue weighted by Crippen LogP contribution is -2.56. The third-order valence-electron chi connectivity index (χ3n) is 3.93. The van der Waals surface area contributed by atoms with Crippen LogP contribution in [-0.2, 0) is 11.3 Å². The number of rotatable bonds is 3. The monoisotopic (exact) mass is 315 g/mol. The number of hydrogen-bond donors (Lipinski definition) is 0. The Hall–Kier alpha value is -1.21. The van der Waals surface area contributed by atoms with Crippen LogP contribution in [0, 0.1) is 0 Å². The zero-order chi connectivity index (χ0) is 16.0. The van der Waals surface area contributed by atoms with Gasteiger partial charge in [-0.1, -0.05) is 0 Å². The molecule has 1 atom stereocenters. The molecule has 0 radical (unpaired) electrons. The smallest absolute Gasteiger partial charge is 0.360 e. The van der Waals surface area contributed by atoms with E-state index in [1.165, 1.54) is 0 Å². The molecule has 3 rings (SSSR count). The van der Waals surface area contributed by atoms with Gasteiger partial charge in [-0.05, 0) is 26.7 Å². The summed E-state index contributed by atoms with van der Waals surface area (Å²) in [6, 6.07) is 0. The highest BCUT2D eigenvalue weighted by molar-refractivity contribution is 5.11. The largest absolute Gasteiger partial charge is 0.415 e. The van der Waals surface area contributed by atoms with Gasteiger partial charge in [0.25, 0.3) is 0 Å². The first-order valence-electron chi connectivity index (χ1n) is 7.51. The highest BCUT2D eigenvalue weighted by Gasteiger charge is 2.47. The molecule has 7 heteroatoms. The molecule has 1 aromatic rings. The Labute approximate surface area is 127 Å². The quantitative estimate of drug-likeness (QED) is 0.860. The van der Waals surface area contributed by atoms with Gasteiger partial charge in [-0.3, -0.25) is 4.90 Å². The lowest BCUT2D eigenvalue weighted by atomic mass is 10.0. The van der Waals surface area contributed by atoms with Crippen molar-refractivity contribution >= 4 is 0 Å². The standard InChI is InChI=1S/C15H20F3N3O/c1-14(2)9-21(8-12(22-14)15(16,17)18)7-10-5-19-13(20-6-10)11-3-4-11/h5-6,11-12H,3-4,7-9H2,1-2H3. The molecule has 1 saturated carbocycles. The Balaban J connectivity index is 1.67. The number of hydrogen-bond acceptors (Lipinski definition) is 4. The van der Waals surface area contributed by atoms with Crippen LogP contribution in [0.3, 0.4) is 0 Å². The lowest BCUT2D eigenvalue weighted by molar-refractivity contribution is -0.272. The van der Waals surface area contributed by atoms with Crippen LogP contribution in [0.15, 0.2) is 12.4 Å². The Kier molecular flexibility index (Phi) is 3.89. The van der Waals surface area contributed by atoms with Crippen LogP contribution in [0.4, 0.5) is 13.2 Å². The fourth-order valence-electron chi connectivity index (χ4n) is 2.84. The summed E-state index contributed by atoms with van der Waals surface area (Å²) < 4.78 is 44.1. The van der Waals surface area contributed by atoms with Gasteiger partial charge in [0.1, 0.15) is 5.82 Å². The van der Waals surface area contributed by atoms with E-state index < -0.39 is 17.9 Å². The molecular formula is C15H20F3N3O. The molecule has 2 fully saturated rings. The minimum atomic E-state index is -4.34. The molecule has 0 amide bonds. The van der Waals surface area contributed by atoms with Crippen LogP contribution in [0.25, 0.3) is 0 Å². The normalized spacial score (nSPS) is 26.1. The first kappa shape index (κ1) is 15.7. The molecule has 1 aromatic heterocycles. The van der Waals surface area contributed by atoms with Crippen LogP contribution < -0.4 is 0 Å². The molecule has 1 aliphatic carbocycles. The predicted octanol–water partition coefficient (Wildman–Crippen LogP) is 2.90. The fourth-order valence-corrected chi connectivity index (χ4v) is 2.84. The summed E-state index contributed by atoms with van der Waals surface area (Å²) in [4.78, 5) is 10.4. The van der Waals surface area contributed by atoms with Crippen molar-refractivity contribution in [3.05, 3.63) is 23.8 Å². The third-order valence-corrected chi connectivity index (χ3v) is 3.93. The van der Waals surface area contributed by atoms with E-state index in [0.717, 1.165) is 24.2 Å². The van der Waals surface area contributed by atoms with Gasteiger partial charge < -0.3 is 4.74 Å². The molecule has 0 N–H and O–H groups in total. The number of ether oxygens (including phenoxy) is 1. The van der Waals surface area contributed by atoms with Crippen LogP contribution in [0.5, 0.6) is 0 Å². The zero-order valence-corrected chi connectivity index (χ0v) is 12.7. The maximum Gasteiger partial charge on any atom is 0.415 e. The van der Waals surface area contributed by atoms with Crippen molar-refractivity contribution in [3.8, 4) is 0 Å². The maximum absolute atomic E-state index is 13.0. The number of halogens is 3. The average molecular weight is 315 g/mol. The van der Waals surface area contributed by atoms with Gasteiger partial charge in [0.15, 0.2) is 6.10 Å². The highest BCUT2D eigenvalue weighted by Crippen LogP contribution is 2.37. The molecule has 0 bridgehead atoms. The van der Waals surface area contributed by atoms with Crippen molar-refractivity contribution < 1.29 is 17.9 Å². The van der Waals surface area contributed by atoms with Gasteiger partial charge in [0.2, 0.25) is 0 Å². The van der Waals surface area contributed by atoms with Crippen LogP contribution >= 0.6 is 0 Å². The molecule has 22 heavy (non-hydrogen) atoms. The van der Waals surface area contributed by atoms with Crippen molar-refractivity contribution in [2.24, 2.45) is 0 Å². The maximum atomic E-state index is 13.0. The molecule has 0 aromatic carbocycles. The molecule has 1 saturated heterocycles. The molecular weight excluding hydrogens is 295 g/mol. The summed E-state index contributed by atoms with van der Waals surface area (Å²) in [6.45, 7) is 4.07. The Morgan fingerprint density at radius 2 is 1.91 bits per heavy atom. The predicted molar refractivity (Wildman–Crippen MR) is 74.3 cm³/mol. The van der Waals surface area contributed by atoms with E-state index in [1.807, 2.05) is 0 Å². The second kappa shape index (κ2) is 5.45. The number of aromatic nitrogens is 2. The Morgan fingerprint density at radius 3 is 2.45 bits per heavy atom. The van der Waals surface area contributed by atoms with E-state index in [9.17, 15) is 13.2 Å². The fraction of sp³-hybridized carbons (Fsp3) is 0.733. The second-order valence-corrected chi connectivity index (χ2v) is 6.80. The highest BCUT2D eigenvalue weighted by atomic mass is 19.4. The minimum absolute atomic E-state index is 0.155. The van der Waals surface area contributed by atoms with Crippen molar-refractivity contribution in [1.82, 2.24) is 14.9 Å². The molecule has 1 unspecified atom stereocenters. The SMILES string of the molecule is CC1(C)CN(Cc2cnc(C3CC3)nc2)CC(C(F)(F)F)O1. The molecule has 0 spiro atoms. The van der Waals surface area contributed by atoms with E-state index in [2.05, 4.69) is 9.97 Å². The van der Waals surface area contributed by atoms with Crippen molar-refractivity contribution in [3.63, 3.8) is 0 Å². The molecule has 4 nitrogen and oxygen atoms in total. The van der Waals surface area contributed by atoms with Gasteiger partial charge in [0, 0.05) is 43.5 Å². The topological polar surface area (TPSA) is 38.2 Å². The summed E-state index contributed by atoms with van der Waals surface area (Å²) in [6.07, 6.45) is -0.378. The number of alkyl halides is 3. The van der Waals surface area contributed by atoms with E-state index in [1.54, 1.807) is 31.1 Å². The van der Waals surface area contributed by atoms with Crippen molar-refractivity contribution in [2.45, 2.75) is 57.0 Å². The second-order valence-electron chi connectivity index (χ2n) is 6.80. The molecule has 2 heterocycles. The number of morpholine rings is 1. The lowest BCUT2D eigenvalue weighted by Gasteiger charge is -2.43. The van der Waals surface area contributed by atoms with Gasteiger partial charge in [-0.15, -0.1) is 0 Å². The van der Waals surface area contributed by atoms with Crippen LogP contribution in [0.2, 0.25) is 0 Å². The minimum Gasteiger partial charge on any atom is -0.360 e. The third kappa shape index (κ3) is 3.76. The summed E-state index contributed by atoms with van der Waals surface area (Å²) in [5.74, 6) is 1.32. The summed E-state index contributed by atoms with van der Waals surface area (Å²) >= 11 is 0. The van der Waals surface area contributed by atoms with Gasteiger partial charge >= 0.3 is 6.18 Å². The van der Waals surface area contributed by atoms with E-state index in [0.29, 0.717) is 19.0 Å². The van der Waals surface area contributed by atoms with Gasteiger partial charge in [-0.2, -0.15) is 13.2 Å². The Bertz CT molecular complexity index is 526. The first-order valence-corrected chi connectivity index (χ1v) is 7.51. The Morgan fingerprint density at radius 1 is 1.27 bits per heavy atom. The summed E-state index contributed by atoms with van der Waals surface area (Å²) in [5.41, 5.74) is 0.00999. The van der Waals surface area contributed by atoms with E-state index in [4.69, 9.17) is 4.74 Å². The van der Waals surface area contributed by atoms with E-state index in [-0.39, 0.29) is 6.54 Å². The van der Waals surface area contributed by atoms with Crippen LogP contribution in [-0.4, -0.2) is 45.8 Å². The number of nitrogens with zero attached hydrogens (tertiary/aromatic N) is 3. The van der Waals surface area contributed by atoms with Gasteiger partial charge in [0.05, 0.1) is 5.60 Å². The van der Waals surface area contributed by atoms with Crippen molar-refractivity contribution in [1.29, 1.82) is 0 Å². The zero-order valence-electron chi connectivity index (χ0n) is 12.7. The van der Waals surface area contributed by atoms with Crippen LogP contribution in [0.1, 0.15) is 44.0 Å². The first-order chi connectivity index (χ1) is 10.2. The summed E-state index contributed by atoms with van der Waals surface area (Å²) in [5, 5.41) is 0. The molecule has 2 aliphatic rings.